The number of nitrogens with two attached hydrogens (primary N) is 1. The lowest BCUT2D eigenvalue weighted by atomic mass is 10.2. The number of benzene rings is 1. The third-order valence-electron chi connectivity index (χ3n) is 3.21. The number of alkyl halides is 3. The van der Waals surface area contributed by atoms with Gasteiger partial charge in [-0.1, -0.05) is 11.6 Å². The third kappa shape index (κ3) is 5.35. The molecule has 0 saturated carbocycles. The fraction of sp³-hybridized carbons (Fsp3) is 0.333. The molecule has 0 unspecified atom stereocenters. The quantitative estimate of drug-likeness (QED) is 0.803. The van der Waals surface area contributed by atoms with Crippen LogP contribution >= 0.6 is 24.0 Å². The molecule has 10 heteroatoms. The van der Waals surface area contributed by atoms with E-state index in [1.54, 1.807) is 13.0 Å². The minimum Gasteiger partial charge on any atom is -0.330 e. The van der Waals surface area contributed by atoms with E-state index in [1.807, 2.05) is 0 Å². The molecule has 0 spiro atoms. The van der Waals surface area contributed by atoms with Crippen LogP contribution < -0.4 is 11.1 Å². The maximum absolute atomic E-state index is 12.9. The average Bonchev–Trinajstić information content (AvgIpc) is 2.84. The molecule has 0 fully saturated rings. The van der Waals surface area contributed by atoms with Crippen molar-refractivity contribution in [3.63, 3.8) is 0 Å². The van der Waals surface area contributed by atoms with E-state index in [9.17, 15) is 18.0 Å². The summed E-state index contributed by atoms with van der Waals surface area (Å²) in [5.74, 6) is -0.0551. The zero-order valence-electron chi connectivity index (χ0n) is 13.2. The Morgan fingerprint density at radius 2 is 2.04 bits per heavy atom. The van der Waals surface area contributed by atoms with Gasteiger partial charge in [-0.15, -0.1) is 12.4 Å². The first-order valence-corrected chi connectivity index (χ1v) is 7.54. The van der Waals surface area contributed by atoms with E-state index in [-0.39, 0.29) is 41.3 Å². The van der Waals surface area contributed by atoms with Crippen molar-refractivity contribution in [2.45, 2.75) is 25.9 Å². The van der Waals surface area contributed by atoms with E-state index < -0.39 is 11.7 Å². The average molecular weight is 397 g/mol. The van der Waals surface area contributed by atoms with Crippen molar-refractivity contribution >= 4 is 35.7 Å². The summed E-state index contributed by atoms with van der Waals surface area (Å²) < 4.78 is 39.9. The summed E-state index contributed by atoms with van der Waals surface area (Å²) in [5.41, 5.74) is 5.06. The highest BCUT2D eigenvalue weighted by atomic mass is 35.5. The Balaban J connectivity index is 0.00000312. The Hall–Kier alpha value is -1.77. The smallest absolute Gasteiger partial charge is 0.330 e. The van der Waals surface area contributed by atoms with Crippen LogP contribution in [0.15, 0.2) is 24.3 Å². The number of nitrogens with one attached hydrogen (secondary N) is 1. The summed E-state index contributed by atoms with van der Waals surface area (Å²) >= 11 is 6.02. The molecule has 0 aliphatic rings. The highest BCUT2D eigenvalue weighted by Crippen LogP contribution is 2.34. The summed E-state index contributed by atoms with van der Waals surface area (Å²) in [4.78, 5) is 11.9. The van der Waals surface area contributed by atoms with Crippen molar-refractivity contribution in [3.8, 4) is 5.69 Å². The zero-order chi connectivity index (χ0) is 17.9. The molecule has 138 valence electrons. The predicted molar refractivity (Wildman–Crippen MR) is 92.5 cm³/mol. The largest absolute Gasteiger partial charge is 0.416 e. The van der Waals surface area contributed by atoms with E-state index in [2.05, 4.69) is 10.4 Å². The van der Waals surface area contributed by atoms with Crippen molar-refractivity contribution in [2.24, 2.45) is 5.73 Å². The molecule has 0 radical (unpaired) electrons. The first-order chi connectivity index (χ1) is 11.2. The van der Waals surface area contributed by atoms with Gasteiger partial charge in [-0.3, -0.25) is 4.79 Å². The predicted octanol–water partition coefficient (Wildman–Crippen LogP) is 3.95. The number of carbonyl (C=O) groups is 1. The van der Waals surface area contributed by atoms with Crippen LogP contribution in [0.25, 0.3) is 5.69 Å². The van der Waals surface area contributed by atoms with Gasteiger partial charge in [0.15, 0.2) is 0 Å². The summed E-state index contributed by atoms with van der Waals surface area (Å²) in [6, 6.07) is 4.49. The number of hydrogen-bond acceptors (Lipinski definition) is 3. The fourth-order valence-corrected chi connectivity index (χ4v) is 2.29. The molecule has 1 aromatic carbocycles. The van der Waals surface area contributed by atoms with Crippen LogP contribution in [0.5, 0.6) is 0 Å². The van der Waals surface area contributed by atoms with Gasteiger partial charge in [-0.05, 0) is 38.1 Å². The minimum absolute atomic E-state index is 0. The Kier molecular flexibility index (Phi) is 7.28. The SMILES string of the molecule is Cc1cc(NC(=O)CCCN)n(-c2cc(C(F)(F)F)ccc2Cl)n1.Cl. The summed E-state index contributed by atoms with van der Waals surface area (Å²) in [5, 5.41) is 6.83. The number of rotatable bonds is 5. The molecule has 0 bridgehead atoms. The second kappa shape index (κ2) is 8.55. The van der Waals surface area contributed by atoms with E-state index in [1.165, 1.54) is 4.68 Å². The van der Waals surface area contributed by atoms with Gasteiger partial charge in [-0.25, -0.2) is 4.68 Å². The Bertz CT molecular complexity index is 747. The van der Waals surface area contributed by atoms with Gasteiger partial charge in [0.05, 0.1) is 22.0 Å². The first kappa shape index (κ1) is 21.3. The number of amides is 1. The Morgan fingerprint density at radius 1 is 1.36 bits per heavy atom. The molecule has 25 heavy (non-hydrogen) atoms. The molecule has 1 amide bonds. The van der Waals surface area contributed by atoms with Crippen molar-refractivity contribution in [3.05, 3.63) is 40.5 Å². The number of aryl methyl sites for hydroxylation is 1. The molecule has 1 aromatic heterocycles. The molecular formula is C15H17Cl2F3N4O. The molecule has 0 saturated heterocycles. The van der Waals surface area contributed by atoms with E-state index in [0.29, 0.717) is 18.7 Å². The minimum atomic E-state index is -4.51. The summed E-state index contributed by atoms with van der Waals surface area (Å²) in [7, 11) is 0. The fourth-order valence-electron chi connectivity index (χ4n) is 2.09. The highest BCUT2D eigenvalue weighted by molar-refractivity contribution is 6.32. The molecule has 2 rings (SSSR count). The van der Waals surface area contributed by atoms with Gasteiger partial charge in [0.25, 0.3) is 0 Å². The second-order valence-electron chi connectivity index (χ2n) is 5.19. The van der Waals surface area contributed by atoms with Crippen LogP contribution in [0.3, 0.4) is 0 Å². The van der Waals surface area contributed by atoms with Gasteiger partial charge in [0.1, 0.15) is 5.82 Å². The van der Waals surface area contributed by atoms with Crippen molar-refractivity contribution in [1.29, 1.82) is 0 Å². The molecular weight excluding hydrogens is 380 g/mol. The van der Waals surface area contributed by atoms with Gasteiger partial charge >= 0.3 is 6.18 Å². The third-order valence-corrected chi connectivity index (χ3v) is 3.53. The molecule has 0 aliphatic carbocycles. The van der Waals surface area contributed by atoms with Crippen molar-refractivity contribution in [1.82, 2.24) is 9.78 Å². The lowest BCUT2D eigenvalue weighted by molar-refractivity contribution is -0.137. The van der Waals surface area contributed by atoms with Crippen LogP contribution in [-0.4, -0.2) is 22.2 Å². The molecule has 1 heterocycles. The van der Waals surface area contributed by atoms with Crippen LogP contribution in [0.2, 0.25) is 5.02 Å². The number of carbonyl (C=O) groups excluding carboxylic acids is 1. The van der Waals surface area contributed by atoms with Crippen molar-refractivity contribution < 1.29 is 18.0 Å². The molecule has 0 aliphatic heterocycles. The van der Waals surface area contributed by atoms with Crippen LogP contribution in [0.4, 0.5) is 19.0 Å². The number of hydrogen-bond donors (Lipinski definition) is 2. The monoisotopic (exact) mass is 396 g/mol. The highest BCUT2D eigenvalue weighted by Gasteiger charge is 2.31. The van der Waals surface area contributed by atoms with Crippen LogP contribution in [-0.2, 0) is 11.0 Å². The molecule has 2 aromatic rings. The zero-order valence-corrected chi connectivity index (χ0v) is 14.8. The summed E-state index contributed by atoms with van der Waals surface area (Å²) in [6.07, 6.45) is -3.80. The lowest BCUT2D eigenvalue weighted by Crippen LogP contribution is -2.16. The maximum Gasteiger partial charge on any atom is 0.416 e. The first-order valence-electron chi connectivity index (χ1n) is 7.16. The Morgan fingerprint density at radius 3 is 2.64 bits per heavy atom. The molecule has 3 N–H and O–H groups in total. The standard InChI is InChI=1S/C15H16ClF3N4O.ClH/c1-9-7-13(21-14(24)3-2-6-20)23(22-9)12-8-10(15(17,18)19)4-5-11(12)16;/h4-5,7-8H,2-3,6,20H2,1H3,(H,21,24);1H. The summed E-state index contributed by atoms with van der Waals surface area (Å²) in [6.45, 7) is 2.03. The van der Waals surface area contributed by atoms with Crippen molar-refractivity contribution in [2.75, 3.05) is 11.9 Å². The Labute approximate surface area is 153 Å². The van der Waals surface area contributed by atoms with Gasteiger partial charge < -0.3 is 11.1 Å². The normalized spacial score (nSPS) is 11.1. The van der Waals surface area contributed by atoms with E-state index >= 15 is 0 Å². The topological polar surface area (TPSA) is 72.9 Å². The second-order valence-corrected chi connectivity index (χ2v) is 5.59. The number of halogens is 5. The van der Waals surface area contributed by atoms with Crippen LogP contribution in [0, 0.1) is 6.92 Å². The van der Waals surface area contributed by atoms with E-state index in [0.717, 1.165) is 18.2 Å². The van der Waals surface area contributed by atoms with E-state index in [4.69, 9.17) is 17.3 Å². The maximum atomic E-state index is 12.9. The number of aromatic nitrogens is 2. The van der Waals surface area contributed by atoms with Gasteiger partial charge in [0.2, 0.25) is 5.91 Å². The van der Waals surface area contributed by atoms with Crippen LogP contribution in [0.1, 0.15) is 24.1 Å². The molecule has 0 atom stereocenters. The lowest BCUT2D eigenvalue weighted by Gasteiger charge is -2.13. The number of anilines is 1. The van der Waals surface area contributed by atoms with Gasteiger partial charge in [-0.2, -0.15) is 18.3 Å². The van der Waals surface area contributed by atoms with Gasteiger partial charge in [0, 0.05) is 12.5 Å². The number of nitrogens with zero attached hydrogens (tertiary/aromatic N) is 2. The molecule has 5 nitrogen and oxygen atoms in total.